The van der Waals surface area contributed by atoms with Crippen molar-refractivity contribution in [2.24, 2.45) is 0 Å². The number of pyridine rings is 2. The number of benzene rings is 1. The van der Waals surface area contributed by atoms with E-state index in [0.717, 1.165) is 27.6 Å². The molecule has 0 aliphatic rings. The van der Waals surface area contributed by atoms with Crippen LogP contribution in [0.4, 0.5) is 0 Å². The molecule has 1 N–H and O–H groups in total. The minimum Gasteiger partial charge on any atom is -0.347 e. The van der Waals surface area contributed by atoms with Crippen molar-refractivity contribution in [3.63, 3.8) is 0 Å². The van der Waals surface area contributed by atoms with Gasteiger partial charge >= 0.3 is 0 Å². The molecule has 0 atom stereocenters. The normalized spacial score (nSPS) is 10.8. The Labute approximate surface area is 168 Å². The first-order valence-electron chi connectivity index (χ1n) is 9.43. The maximum atomic E-state index is 12.3. The highest BCUT2D eigenvalue weighted by Crippen LogP contribution is 2.25. The fraction of sp³-hybridized carbons (Fsp3) is 0.130. The first-order valence-corrected chi connectivity index (χ1v) is 9.43. The molecule has 6 nitrogen and oxygen atoms in total. The summed E-state index contributed by atoms with van der Waals surface area (Å²) in [5.41, 5.74) is 4.07. The highest BCUT2D eigenvalue weighted by atomic mass is 16.2. The van der Waals surface area contributed by atoms with E-state index in [4.69, 9.17) is 0 Å². The van der Waals surface area contributed by atoms with E-state index in [0.29, 0.717) is 18.7 Å². The maximum absolute atomic E-state index is 12.3. The smallest absolute Gasteiger partial charge is 0.270 e. The number of aromatic nitrogens is 3. The van der Waals surface area contributed by atoms with E-state index in [2.05, 4.69) is 15.3 Å². The third kappa shape index (κ3) is 3.91. The van der Waals surface area contributed by atoms with Crippen LogP contribution >= 0.6 is 0 Å². The Kier molecular flexibility index (Phi) is 5.16. The second kappa shape index (κ2) is 8.06. The molecule has 0 bridgehead atoms. The molecule has 0 aliphatic heterocycles. The molecule has 0 aliphatic carbocycles. The SMILES string of the molecule is CCC(=O)n1ccc2cc(-c3ccc(C(=O)NCc4cccnc4)nc3)ccc21. The molecule has 0 radical (unpaired) electrons. The van der Waals surface area contributed by atoms with E-state index < -0.39 is 0 Å². The second-order valence-electron chi connectivity index (χ2n) is 6.68. The third-order valence-corrected chi connectivity index (χ3v) is 4.77. The van der Waals surface area contributed by atoms with Crippen LogP contribution < -0.4 is 5.32 Å². The predicted molar refractivity (Wildman–Crippen MR) is 111 cm³/mol. The molecule has 29 heavy (non-hydrogen) atoms. The fourth-order valence-electron chi connectivity index (χ4n) is 3.18. The van der Waals surface area contributed by atoms with Gasteiger partial charge in [0.25, 0.3) is 5.91 Å². The molecule has 1 aromatic carbocycles. The summed E-state index contributed by atoms with van der Waals surface area (Å²) in [6.45, 7) is 2.25. The van der Waals surface area contributed by atoms with Crippen LogP contribution in [0.3, 0.4) is 0 Å². The third-order valence-electron chi connectivity index (χ3n) is 4.77. The molecular weight excluding hydrogens is 364 g/mol. The molecule has 3 aromatic heterocycles. The molecule has 0 unspecified atom stereocenters. The van der Waals surface area contributed by atoms with Crippen LogP contribution in [0.15, 0.2) is 73.3 Å². The molecule has 0 saturated heterocycles. The summed E-state index contributed by atoms with van der Waals surface area (Å²) in [7, 11) is 0. The molecule has 6 heteroatoms. The average molecular weight is 384 g/mol. The van der Waals surface area contributed by atoms with Gasteiger partial charge in [-0.05, 0) is 41.5 Å². The molecule has 4 aromatic rings. The second-order valence-corrected chi connectivity index (χ2v) is 6.68. The van der Waals surface area contributed by atoms with E-state index in [1.165, 1.54) is 0 Å². The Bertz CT molecular complexity index is 1160. The Balaban J connectivity index is 1.50. The number of nitrogens with zero attached hydrogens (tertiary/aromatic N) is 3. The zero-order valence-corrected chi connectivity index (χ0v) is 16.0. The van der Waals surface area contributed by atoms with Crippen molar-refractivity contribution in [2.45, 2.75) is 19.9 Å². The lowest BCUT2D eigenvalue weighted by Gasteiger charge is -2.07. The molecule has 1 amide bonds. The number of amides is 1. The summed E-state index contributed by atoms with van der Waals surface area (Å²) in [4.78, 5) is 32.6. The number of rotatable bonds is 5. The molecule has 0 fully saturated rings. The van der Waals surface area contributed by atoms with Crippen molar-refractivity contribution in [2.75, 3.05) is 0 Å². The monoisotopic (exact) mass is 384 g/mol. The summed E-state index contributed by atoms with van der Waals surface area (Å²) in [6.07, 6.45) is 7.36. The van der Waals surface area contributed by atoms with E-state index in [1.54, 1.807) is 35.4 Å². The summed E-state index contributed by atoms with van der Waals surface area (Å²) in [5.74, 6) is -0.165. The highest BCUT2D eigenvalue weighted by Gasteiger charge is 2.10. The van der Waals surface area contributed by atoms with Crippen LogP contribution in [0.25, 0.3) is 22.0 Å². The number of hydrogen-bond donors (Lipinski definition) is 1. The van der Waals surface area contributed by atoms with Crippen molar-refractivity contribution in [3.8, 4) is 11.1 Å². The maximum Gasteiger partial charge on any atom is 0.270 e. The lowest BCUT2D eigenvalue weighted by atomic mass is 10.1. The Morgan fingerprint density at radius 1 is 1.03 bits per heavy atom. The van der Waals surface area contributed by atoms with Crippen LogP contribution in [0, 0.1) is 0 Å². The first-order chi connectivity index (χ1) is 14.2. The fourth-order valence-corrected chi connectivity index (χ4v) is 3.18. The van der Waals surface area contributed by atoms with Crippen molar-refractivity contribution >= 4 is 22.7 Å². The molecule has 0 saturated carbocycles. The van der Waals surface area contributed by atoms with Gasteiger partial charge in [0, 0.05) is 48.7 Å². The number of fused-ring (bicyclic) bond motifs is 1. The Morgan fingerprint density at radius 3 is 2.62 bits per heavy atom. The van der Waals surface area contributed by atoms with Crippen molar-refractivity contribution < 1.29 is 9.59 Å². The van der Waals surface area contributed by atoms with E-state index in [9.17, 15) is 9.59 Å². The van der Waals surface area contributed by atoms with Gasteiger partial charge in [0.05, 0.1) is 5.52 Å². The van der Waals surface area contributed by atoms with Gasteiger partial charge in [-0.1, -0.05) is 25.1 Å². The van der Waals surface area contributed by atoms with Crippen molar-refractivity contribution in [1.82, 2.24) is 19.9 Å². The largest absolute Gasteiger partial charge is 0.347 e. The van der Waals surface area contributed by atoms with Gasteiger partial charge in [0.15, 0.2) is 0 Å². The number of carbonyl (C=O) groups is 2. The van der Waals surface area contributed by atoms with Crippen LogP contribution in [0.5, 0.6) is 0 Å². The van der Waals surface area contributed by atoms with Crippen molar-refractivity contribution in [1.29, 1.82) is 0 Å². The topological polar surface area (TPSA) is 76.9 Å². The Hall–Kier alpha value is -3.80. The summed E-state index contributed by atoms with van der Waals surface area (Å²) < 4.78 is 1.67. The number of carbonyl (C=O) groups excluding carboxylic acids is 2. The number of nitrogens with one attached hydrogen (secondary N) is 1. The van der Waals surface area contributed by atoms with Gasteiger partial charge in [-0.25, -0.2) is 0 Å². The lowest BCUT2D eigenvalue weighted by Crippen LogP contribution is -2.23. The minimum absolute atomic E-state index is 0.0658. The van der Waals surface area contributed by atoms with Gasteiger partial charge in [0.2, 0.25) is 5.91 Å². The summed E-state index contributed by atoms with van der Waals surface area (Å²) in [5, 5.41) is 3.83. The van der Waals surface area contributed by atoms with Crippen molar-refractivity contribution in [3.05, 3.63) is 84.6 Å². The molecule has 4 rings (SSSR count). The van der Waals surface area contributed by atoms with E-state index >= 15 is 0 Å². The quantitative estimate of drug-likeness (QED) is 0.562. The van der Waals surface area contributed by atoms with Gasteiger partial charge in [-0.3, -0.25) is 24.1 Å². The van der Waals surface area contributed by atoms with E-state index in [-0.39, 0.29) is 11.8 Å². The van der Waals surface area contributed by atoms with Crippen LogP contribution in [-0.2, 0) is 6.54 Å². The van der Waals surface area contributed by atoms with E-state index in [1.807, 2.05) is 49.4 Å². The van der Waals surface area contributed by atoms with Gasteiger partial charge < -0.3 is 5.32 Å². The zero-order chi connectivity index (χ0) is 20.2. The van der Waals surface area contributed by atoms with Gasteiger partial charge in [-0.2, -0.15) is 0 Å². The predicted octanol–water partition coefficient (Wildman–Crippen LogP) is 4.08. The highest BCUT2D eigenvalue weighted by molar-refractivity contribution is 5.95. The number of hydrogen-bond acceptors (Lipinski definition) is 4. The first kappa shape index (κ1) is 18.6. The molecule has 144 valence electrons. The molecule has 3 heterocycles. The van der Waals surface area contributed by atoms with Gasteiger partial charge in [-0.15, -0.1) is 0 Å². The lowest BCUT2D eigenvalue weighted by molar-refractivity contribution is 0.0912. The summed E-state index contributed by atoms with van der Waals surface area (Å²) in [6, 6.07) is 15.2. The average Bonchev–Trinajstić information content (AvgIpc) is 3.21. The summed E-state index contributed by atoms with van der Waals surface area (Å²) >= 11 is 0. The zero-order valence-electron chi connectivity index (χ0n) is 16.0. The Morgan fingerprint density at radius 2 is 1.90 bits per heavy atom. The van der Waals surface area contributed by atoms with Crippen LogP contribution in [0.1, 0.15) is 34.2 Å². The van der Waals surface area contributed by atoms with Crippen LogP contribution in [0.2, 0.25) is 0 Å². The minimum atomic E-state index is -0.231. The van der Waals surface area contributed by atoms with Gasteiger partial charge in [0.1, 0.15) is 5.69 Å². The molecular formula is C23H20N4O2. The molecule has 0 spiro atoms. The van der Waals surface area contributed by atoms with Crippen LogP contribution in [-0.4, -0.2) is 26.3 Å². The standard InChI is InChI=1S/C23H20N4O2/c1-2-22(28)27-11-9-18-12-17(6-8-21(18)27)19-5-7-20(25-15-19)23(29)26-14-16-4-3-10-24-13-16/h3-13,15H,2,14H2,1H3,(H,26,29).